The summed E-state index contributed by atoms with van der Waals surface area (Å²) in [5.41, 5.74) is 2.93. The first-order valence-electron chi connectivity index (χ1n) is 7.71. The van der Waals surface area contributed by atoms with Crippen molar-refractivity contribution >= 4 is 0 Å². The Morgan fingerprint density at radius 1 is 0.500 bits per heavy atom. The van der Waals surface area contributed by atoms with Crippen molar-refractivity contribution < 1.29 is 0 Å². The Bertz CT molecular complexity index is 447. The fourth-order valence-corrected chi connectivity index (χ4v) is 3.36. The molecule has 0 nitrogen and oxygen atoms in total. The van der Waals surface area contributed by atoms with E-state index < -0.39 is 0 Å². The Balaban J connectivity index is 2.44. The van der Waals surface area contributed by atoms with Crippen LogP contribution in [0.15, 0.2) is 60.7 Å². The minimum absolute atomic E-state index is 0.568. The normalized spacial score (nSPS) is 14.5. The molecule has 2 aromatic rings. The van der Waals surface area contributed by atoms with Crippen molar-refractivity contribution in [3.05, 3.63) is 71.8 Å². The maximum absolute atomic E-state index is 2.34. The summed E-state index contributed by atoms with van der Waals surface area (Å²) in [6, 6.07) is 22.0. The highest BCUT2D eigenvalue weighted by molar-refractivity contribution is 5.29. The van der Waals surface area contributed by atoms with Gasteiger partial charge in [0.1, 0.15) is 0 Å². The quantitative estimate of drug-likeness (QED) is 0.635. The van der Waals surface area contributed by atoms with Gasteiger partial charge in [-0.05, 0) is 34.8 Å². The predicted octanol–water partition coefficient (Wildman–Crippen LogP) is 5.87. The van der Waals surface area contributed by atoms with Gasteiger partial charge in [-0.25, -0.2) is 0 Å². The van der Waals surface area contributed by atoms with E-state index in [2.05, 4.69) is 88.4 Å². The SMILES string of the molecule is CC(C)[C@@H](c1ccccc1)[C@H](c1ccccc1)C(C)C. The summed E-state index contributed by atoms with van der Waals surface area (Å²) in [5, 5.41) is 0. The van der Waals surface area contributed by atoms with E-state index in [0.29, 0.717) is 23.7 Å². The Labute approximate surface area is 123 Å². The van der Waals surface area contributed by atoms with Crippen LogP contribution in [0.3, 0.4) is 0 Å². The second-order valence-corrected chi connectivity index (χ2v) is 6.36. The van der Waals surface area contributed by atoms with Crippen LogP contribution in [0.2, 0.25) is 0 Å². The highest BCUT2D eigenvalue weighted by Gasteiger charge is 2.29. The van der Waals surface area contributed by atoms with Crippen LogP contribution in [-0.4, -0.2) is 0 Å². The van der Waals surface area contributed by atoms with Gasteiger partial charge in [-0.1, -0.05) is 88.4 Å². The first-order chi connectivity index (χ1) is 9.61. The summed E-state index contributed by atoms with van der Waals surface area (Å²) < 4.78 is 0. The van der Waals surface area contributed by atoms with Gasteiger partial charge in [0.15, 0.2) is 0 Å². The zero-order valence-corrected chi connectivity index (χ0v) is 13.1. The predicted molar refractivity (Wildman–Crippen MR) is 88.0 cm³/mol. The molecule has 0 saturated heterocycles. The van der Waals surface area contributed by atoms with Gasteiger partial charge in [0, 0.05) is 0 Å². The van der Waals surface area contributed by atoms with E-state index in [0.717, 1.165) is 0 Å². The molecule has 0 aliphatic heterocycles. The van der Waals surface area contributed by atoms with Crippen LogP contribution in [0.4, 0.5) is 0 Å². The third kappa shape index (κ3) is 3.30. The first-order valence-corrected chi connectivity index (χ1v) is 7.71. The molecule has 0 aromatic heterocycles. The van der Waals surface area contributed by atoms with Crippen molar-refractivity contribution in [1.29, 1.82) is 0 Å². The molecule has 0 heterocycles. The van der Waals surface area contributed by atoms with Gasteiger partial charge in [-0.3, -0.25) is 0 Å². The molecule has 0 fully saturated rings. The Kier molecular flexibility index (Phi) is 5.00. The molecule has 106 valence electrons. The van der Waals surface area contributed by atoms with Crippen molar-refractivity contribution in [2.45, 2.75) is 39.5 Å². The molecule has 0 aliphatic carbocycles. The molecule has 0 unspecified atom stereocenters. The summed E-state index contributed by atoms with van der Waals surface area (Å²) in [6.07, 6.45) is 0. The van der Waals surface area contributed by atoms with E-state index in [1.54, 1.807) is 0 Å². The largest absolute Gasteiger partial charge is 0.0622 e. The smallest absolute Gasteiger partial charge is 0.00676 e. The van der Waals surface area contributed by atoms with Crippen molar-refractivity contribution in [3.63, 3.8) is 0 Å². The van der Waals surface area contributed by atoms with Crippen LogP contribution in [0.5, 0.6) is 0 Å². The second-order valence-electron chi connectivity index (χ2n) is 6.36. The minimum Gasteiger partial charge on any atom is -0.0622 e. The van der Waals surface area contributed by atoms with Crippen molar-refractivity contribution in [1.82, 2.24) is 0 Å². The first kappa shape index (κ1) is 14.8. The van der Waals surface area contributed by atoms with Gasteiger partial charge >= 0.3 is 0 Å². The van der Waals surface area contributed by atoms with Gasteiger partial charge in [-0.2, -0.15) is 0 Å². The molecule has 2 aromatic carbocycles. The third-order valence-corrected chi connectivity index (χ3v) is 4.19. The van der Waals surface area contributed by atoms with Gasteiger partial charge in [0.05, 0.1) is 0 Å². The fraction of sp³-hybridized carbons (Fsp3) is 0.400. The third-order valence-electron chi connectivity index (χ3n) is 4.19. The molecule has 0 bridgehead atoms. The molecule has 0 heteroatoms. The van der Waals surface area contributed by atoms with Crippen LogP contribution < -0.4 is 0 Å². The van der Waals surface area contributed by atoms with Gasteiger partial charge in [-0.15, -0.1) is 0 Å². The second kappa shape index (κ2) is 6.74. The van der Waals surface area contributed by atoms with Crippen LogP contribution >= 0.6 is 0 Å². The molecule has 2 rings (SSSR count). The standard InChI is InChI=1S/C20H26/c1-15(2)19(17-11-7-5-8-12-17)20(16(3)4)18-13-9-6-10-14-18/h5-16,19-20H,1-4H3/t19-,20-/m0/s1. The number of hydrogen-bond donors (Lipinski definition) is 0. The topological polar surface area (TPSA) is 0 Å². The summed E-state index contributed by atoms with van der Waals surface area (Å²) >= 11 is 0. The fourth-order valence-electron chi connectivity index (χ4n) is 3.36. The zero-order chi connectivity index (χ0) is 14.5. The molecule has 0 spiro atoms. The van der Waals surface area contributed by atoms with E-state index in [1.165, 1.54) is 11.1 Å². The average molecular weight is 266 g/mol. The molecule has 0 aliphatic rings. The maximum atomic E-state index is 2.34. The van der Waals surface area contributed by atoms with Gasteiger partial charge < -0.3 is 0 Å². The lowest BCUT2D eigenvalue weighted by Crippen LogP contribution is -2.21. The Hall–Kier alpha value is -1.56. The van der Waals surface area contributed by atoms with Gasteiger partial charge in [0.2, 0.25) is 0 Å². The summed E-state index contributed by atoms with van der Waals surface area (Å²) in [7, 11) is 0. The molecule has 2 atom stereocenters. The van der Waals surface area contributed by atoms with Crippen LogP contribution in [-0.2, 0) is 0 Å². The lowest BCUT2D eigenvalue weighted by atomic mass is 9.70. The van der Waals surface area contributed by atoms with E-state index in [1.807, 2.05) is 0 Å². The van der Waals surface area contributed by atoms with Crippen molar-refractivity contribution in [2.75, 3.05) is 0 Å². The van der Waals surface area contributed by atoms with Crippen LogP contribution in [0.25, 0.3) is 0 Å². The molecule has 0 saturated carbocycles. The zero-order valence-electron chi connectivity index (χ0n) is 13.1. The minimum atomic E-state index is 0.568. The van der Waals surface area contributed by atoms with Crippen LogP contribution in [0.1, 0.15) is 50.7 Å². The molecule has 20 heavy (non-hydrogen) atoms. The number of hydrogen-bond acceptors (Lipinski definition) is 0. The van der Waals surface area contributed by atoms with Crippen molar-refractivity contribution in [3.8, 4) is 0 Å². The summed E-state index contributed by atoms with van der Waals surface area (Å²) in [4.78, 5) is 0. The molecule has 0 amide bonds. The lowest BCUT2D eigenvalue weighted by molar-refractivity contribution is 0.347. The molecular formula is C20H26. The Morgan fingerprint density at radius 3 is 1.05 bits per heavy atom. The van der Waals surface area contributed by atoms with Gasteiger partial charge in [0.25, 0.3) is 0 Å². The van der Waals surface area contributed by atoms with Crippen molar-refractivity contribution in [2.24, 2.45) is 11.8 Å². The van der Waals surface area contributed by atoms with E-state index in [9.17, 15) is 0 Å². The van der Waals surface area contributed by atoms with E-state index in [4.69, 9.17) is 0 Å². The van der Waals surface area contributed by atoms with Crippen LogP contribution in [0, 0.1) is 11.8 Å². The van der Waals surface area contributed by atoms with E-state index in [-0.39, 0.29) is 0 Å². The summed E-state index contributed by atoms with van der Waals surface area (Å²) in [5.74, 6) is 2.40. The molecule has 0 radical (unpaired) electrons. The monoisotopic (exact) mass is 266 g/mol. The number of rotatable bonds is 5. The highest BCUT2D eigenvalue weighted by atomic mass is 14.3. The molecular weight excluding hydrogens is 240 g/mol. The Morgan fingerprint density at radius 2 is 0.800 bits per heavy atom. The lowest BCUT2D eigenvalue weighted by Gasteiger charge is -2.34. The number of benzene rings is 2. The maximum Gasteiger partial charge on any atom is -0.00676 e. The van der Waals surface area contributed by atoms with E-state index >= 15 is 0 Å². The molecule has 0 N–H and O–H groups in total. The highest BCUT2D eigenvalue weighted by Crippen LogP contribution is 2.42. The average Bonchev–Trinajstić information content (AvgIpc) is 2.45. The summed E-state index contributed by atoms with van der Waals surface area (Å²) in [6.45, 7) is 9.37.